The zero-order valence-electron chi connectivity index (χ0n) is 17.0. The summed E-state index contributed by atoms with van der Waals surface area (Å²) in [6.07, 6.45) is 14.8. The van der Waals surface area contributed by atoms with Crippen molar-refractivity contribution in [2.75, 3.05) is 13.7 Å². The predicted octanol–water partition coefficient (Wildman–Crippen LogP) is 2.90. The van der Waals surface area contributed by atoms with Crippen LogP contribution in [0.25, 0.3) is 6.08 Å². The first kappa shape index (κ1) is 24.1. The largest absolute Gasteiger partial charge is 0.494 e. The number of unbranched alkanes of at least 4 members (excludes halogenated alkanes) is 2. The van der Waals surface area contributed by atoms with Gasteiger partial charge in [-0.15, -0.1) is 12.3 Å². The third-order valence-electron chi connectivity index (χ3n) is 4.33. The van der Waals surface area contributed by atoms with Gasteiger partial charge in [-0.05, 0) is 56.8 Å². The molecule has 1 aliphatic carbocycles. The van der Waals surface area contributed by atoms with E-state index in [1.807, 2.05) is 18.2 Å². The number of carbonyl (C=O) groups is 3. The van der Waals surface area contributed by atoms with Crippen LogP contribution in [0.3, 0.4) is 0 Å². The van der Waals surface area contributed by atoms with Gasteiger partial charge < -0.3 is 20.6 Å². The number of nitrogens with two attached hydrogens (primary N) is 1. The number of aldehydes is 2. The summed E-state index contributed by atoms with van der Waals surface area (Å²) in [6.45, 7) is 0.639. The Kier molecular flexibility index (Phi) is 11.8. The maximum Gasteiger partial charge on any atom is 0.234 e. The van der Waals surface area contributed by atoms with Gasteiger partial charge in [0.25, 0.3) is 0 Å². The van der Waals surface area contributed by atoms with Crippen molar-refractivity contribution in [2.24, 2.45) is 5.73 Å². The summed E-state index contributed by atoms with van der Waals surface area (Å²) in [7, 11) is 1.64. The summed E-state index contributed by atoms with van der Waals surface area (Å²) >= 11 is 0. The van der Waals surface area contributed by atoms with Gasteiger partial charge in [0, 0.05) is 18.4 Å². The lowest BCUT2D eigenvalue weighted by molar-refractivity contribution is -0.120. The molecule has 6 nitrogen and oxygen atoms in total. The molecule has 1 saturated carbocycles. The molecule has 29 heavy (non-hydrogen) atoms. The minimum atomic E-state index is -0.413. The van der Waals surface area contributed by atoms with E-state index in [0.717, 1.165) is 56.0 Å². The number of nitrogens with one attached hydrogen (secondary N) is 1. The first-order valence-electron chi connectivity index (χ1n) is 9.80. The molecule has 1 aromatic rings. The molecule has 0 spiro atoms. The van der Waals surface area contributed by atoms with E-state index in [1.165, 1.54) is 5.57 Å². The first-order chi connectivity index (χ1) is 14.0. The van der Waals surface area contributed by atoms with Crippen LogP contribution in [0.2, 0.25) is 0 Å². The van der Waals surface area contributed by atoms with Gasteiger partial charge in [-0.3, -0.25) is 9.59 Å². The van der Waals surface area contributed by atoms with Crippen LogP contribution in [0.5, 0.6) is 5.75 Å². The van der Waals surface area contributed by atoms with Crippen molar-refractivity contribution in [1.29, 1.82) is 0 Å². The molecule has 1 aromatic carbocycles. The smallest absolute Gasteiger partial charge is 0.234 e. The SMILES string of the molecule is C#CCCCCOc1ccc(C=C2CC2)c(C=O)c1.CNC(CCC=O)C(N)=O. The zero-order chi connectivity index (χ0) is 21.5. The van der Waals surface area contributed by atoms with Gasteiger partial charge in [-0.25, -0.2) is 0 Å². The van der Waals surface area contributed by atoms with Crippen molar-refractivity contribution in [3.05, 3.63) is 34.9 Å². The average Bonchev–Trinajstić information content (AvgIpc) is 3.53. The van der Waals surface area contributed by atoms with Crippen molar-refractivity contribution >= 4 is 24.6 Å². The molecule has 6 heteroatoms. The second-order valence-corrected chi connectivity index (χ2v) is 6.71. The van der Waals surface area contributed by atoms with Crippen LogP contribution in [-0.2, 0) is 9.59 Å². The Hall–Kier alpha value is -2.91. The summed E-state index contributed by atoms with van der Waals surface area (Å²) in [5.74, 6) is 2.95. The van der Waals surface area contributed by atoms with E-state index >= 15 is 0 Å². The number of allylic oxidation sites excluding steroid dienone is 1. The molecule has 3 N–H and O–H groups in total. The Bertz CT molecular complexity index is 744. The number of primary amides is 1. The summed E-state index contributed by atoms with van der Waals surface area (Å²) in [5, 5.41) is 2.70. The third-order valence-corrected chi connectivity index (χ3v) is 4.33. The predicted molar refractivity (Wildman–Crippen MR) is 115 cm³/mol. The molecule has 156 valence electrons. The molecule has 1 fully saturated rings. The minimum Gasteiger partial charge on any atom is -0.494 e. The van der Waals surface area contributed by atoms with E-state index in [2.05, 4.69) is 17.3 Å². The fourth-order valence-electron chi connectivity index (χ4n) is 2.50. The van der Waals surface area contributed by atoms with Crippen LogP contribution in [0, 0.1) is 12.3 Å². The van der Waals surface area contributed by atoms with Gasteiger partial charge in [0.2, 0.25) is 5.91 Å². The lowest BCUT2D eigenvalue weighted by Crippen LogP contribution is -2.39. The summed E-state index contributed by atoms with van der Waals surface area (Å²) in [6, 6.07) is 5.31. The topological polar surface area (TPSA) is 98.5 Å². The molecule has 0 aliphatic heterocycles. The maximum absolute atomic E-state index is 11.1. The molecule has 2 rings (SSSR count). The summed E-state index contributed by atoms with van der Waals surface area (Å²) in [4.78, 5) is 31.4. The second kappa shape index (κ2) is 14.1. The Morgan fingerprint density at radius 2 is 2.07 bits per heavy atom. The van der Waals surface area contributed by atoms with Crippen LogP contribution >= 0.6 is 0 Å². The number of amides is 1. The summed E-state index contributed by atoms with van der Waals surface area (Å²) < 4.78 is 5.62. The fraction of sp³-hybridized carbons (Fsp3) is 0.435. The molecule has 1 atom stereocenters. The monoisotopic (exact) mass is 398 g/mol. The van der Waals surface area contributed by atoms with Crippen molar-refractivity contribution in [1.82, 2.24) is 5.32 Å². The van der Waals surface area contributed by atoms with E-state index in [0.29, 0.717) is 25.0 Å². The molecule has 1 aliphatic rings. The van der Waals surface area contributed by atoms with Crippen LogP contribution in [-0.4, -0.2) is 38.2 Å². The number of likely N-dealkylation sites (N-methyl/N-ethyl adjacent to an activating group) is 1. The highest BCUT2D eigenvalue weighted by molar-refractivity contribution is 5.83. The highest BCUT2D eigenvalue weighted by atomic mass is 16.5. The lowest BCUT2D eigenvalue weighted by atomic mass is 10.1. The molecular formula is C23H30N2O4. The van der Waals surface area contributed by atoms with E-state index in [-0.39, 0.29) is 6.04 Å². The molecule has 0 aromatic heterocycles. The average molecular weight is 399 g/mol. The number of benzene rings is 1. The standard InChI is InChI=1S/C17H18O2.C6H12N2O2/c1-2-3-4-5-10-19-17-9-8-15(11-14-6-7-14)16(12-17)13-18;1-8-5(6(7)10)3-2-4-9/h1,8-9,11-13H,3-7,10H2;4-5,8H,2-3H2,1H3,(H2,7,10). The quantitative estimate of drug-likeness (QED) is 0.320. The normalized spacial score (nSPS) is 12.6. The van der Waals surface area contributed by atoms with Crippen LogP contribution < -0.4 is 15.8 Å². The Morgan fingerprint density at radius 3 is 2.62 bits per heavy atom. The highest BCUT2D eigenvalue weighted by Crippen LogP contribution is 2.31. The van der Waals surface area contributed by atoms with Gasteiger partial charge in [0.05, 0.1) is 12.6 Å². The molecule has 0 bridgehead atoms. The number of ether oxygens (including phenoxy) is 1. The maximum atomic E-state index is 11.1. The van der Waals surface area contributed by atoms with Gasteiger partial charge in [-0.2, -0.15) is 0 Å². The minimum absolute atomic E-state index is 0.369. The number of carbonyl (C=O) groups excluding carboxylic acids is 3. The van der Waals surface area contributed by atoms with E-state index in [4.69, 9.17) is 16.9 Å². The number of hydrogen-bond donors (Lipinski definition) is 2. The Labute approximate surface area is 172 Å². The number of rotatable bonds is 12. The van der Waals surface area contributed by atoms with Gasteiger partial charge in [0.15, 0.2) is 6.29 Å². The van der Waals surface area contributed by atoms with Gasteiger partial charge >= 0.3 is 0 Å². The van der Waals surface area contributed by atoms with Crippen LogP contribution in [0.1, 0.15) is 60.9 Å². The number of terminal acetylenes is 1. The van der Waals surface area contributed by atoms with E-state index in [1.54, 1.807) is 7.05 Å². The molecule has 1 unspecified atom stereocenters. The first-order valence-corrected chi connectivity index (χ1v) is 9.80. The van der Waals surface area contributed by atoms with Crippen molar-refractivity contribution in [3.63, 3.8) is 0 Å². The highest BCUT2D eigenvalue weighted by Gasteiger charge is 2.12. The molecule has 1 amide bonds. The van der Waals surface area contributed by atoms with Crippen molar-refractivity contribution in [2.45, 2.75) is 51.0 Å². The Balaban J connectivity index is 0.000000359. The van der Waals surface area contributed by atoms with Gasteiger partial charge in [0.1, 0.15) is 12.0 Å². The van der Waals surface area contributed by atoms with E-state index in [9.17, 15) is 14.4 Å². The summed E-state index contributed by atoms with van der Waals surface area (Å²) in [5.41, 5.74) is 8.06. The third kappa shape index (κ3) is 10.3. The van der Waals surface area contributed by atoms with Gasteiger partial charge in [-0.1, -0.05) is 17.7 Å². The fourth-order valence-corrected chi connectivity index (χ4v) is 2.50. The number of hydrogen-bond acceptors (Lipinski definition) is 5. The molecule has 0 radical (unpaired) electrons. The van der Waals surface area contributed by atoms with E-state index < -0.39 is 5.91 Å². The second-order valence-electron chi connectivity index (χ2n) is 6.71. The Morgan fingerprint density at radius 1 is 1.31 bits per heavy atom. The molecular weight excluding hydrogens is 368 g/mol. The lowest BCUT2D eigenvalue weighted by Gasteiger charge is -2.08. The van der Waals surface area contributed by atoms with Crippen molar-refractivity contribution in [3.8, 4) is 18.1 Å². The van der Waals surface area contributed by atoms with Crippen LogP contribution in [0.4, 0.5) is 0 Å². The molecule has 0 saturated heterocycles. The molecule has 0 heterocycles. The zero-order valence-corrected chi connectivity index (χ0v) is 17.0. The van der Waals surface area contributed by atoms with Crippen LogP contribution in [0.15, 0.2) is 23.8 Å². The van der Waals surface area contributed by atoms with Crippen molar-refractivity contribution < 1.29 is 19.1 Å².